The Labute approximate surface area is 137 Å². The number of aryl methyl sites for hydroxylation is 1. The number of hydrogen-bond acceptors (Lipinski definition) is 4. The molecule has 5 nitrogen and oxygen atoms in total. The number of fused-ring (bicyclic) bond motifs is 1. The average Bonchev–Trinajstić information content (AvgIpc) is 3.20. The molecule has 2 aliphatic rings. The number of nitrogens with zero attached hydrogens (tertiary/aromatic N) is 4. The maximum absolute atomic E-state index is 10.7. The van der Waals surface area contributed by atoms with Gasteiger partial charge in [-0.15, -0.1) is 10.2 Å². The molecule has 3 unspecified atom stereocenters. The highest BCUT2D eigenvalue weighted by molar-refractivity contribution is 5.36. The van der Waals surface area contributed by atoms with Crippen molar-refractivity contribution in [1.29, 1.82) is 0 Å². The zero-order valence-electron chi connectivity index (χ0n) is 13.6. The lowest BCUT2D eigenvalue weighted by molar-refractivity contribution is 0.0428. The fraction of sp³-hybridized carbons (Fsp3) is 0.556. The minimum absolute atomic E-state index is 0.202. The van der Waals surface area contributed by atoms with Gasteiger partial charge in [0.25, 0.3) is 0 Å². The SMILES string of the molecule is CCn1cnnc1C1CCCN(C2Cc3ccccc3C2O)C1. The molecule has 0 amide bonds. The summed E-state index contributed by atoms with van der Waals surface area (Å²) in [4.78, 5) is 2.47. The summed E-state index contributed by atoms with van der Waals surface area (Å²) in [6, 6.07) is 8.50. The molecule has 1 N–H and O–H groups in total. The van der Waals surface area contributed by atoms with E-state index in [4.69, 9.17) is 0 Å². The van der Waals surface area contributed by atoms with Gasteiger partial charge in [-0.2, -0.15) is 0 Å². The normalized spacial score (nSPS) is 28.0. The molecule has 1 aromatic carbocycles. The molecule has 0 spiro atoms. The molecule has 0 radical (unpaired) electrons. The molecule has 3 atom stereocenters. The van der Waals surface area contributed by atoms with E-state index in [-0.39, 0.29) is 12.1 Å². The fourth-order valence-electron chi connectivity index (χ4n) is 4.22. The molecule has 23 heavy (non-hydrogen) atoms. The van der Waals surface area contributed by atoms with Gasteiger partial charge in [0.15, 0.2) is 0 Å². The molecule has 1 saturated heterocycles. The topological polar surface area (TPSA) is 54.2 Å². The van der Waals surface area contributed by atoms with Gasteiger partial charge in [0.1, 0.15) is 12.2 Å². The van der Waals surface area contributed by atoms with Crippen molar-refractivity contribution in [2.24, 2.45) is 0 Å². The van der Waals surface area contributed by atoms with Gasteiger partial charge in [-0.1, -0.05) is 24.3 Å². The molecule has 1 aliphatic carbocycles. The van der Waals surface area contributed by atoms with E-state index >= 15 is 0 Å². The summed E-state index contributed by atoms with van der Waals surface area (Å²) >= 11 is 0. The van der Waals surface area contributed by atoms with Crippen molar-refractivity contribution in [3.05, 3.63) is 47.5 Å². The Hall–Kier alpha value is -1.72. The van der Waals surface area contributed by atoms with E-state index in [1.54, 1.807) is 0 Å². The van der Waals surface area contributed by atoms with E-state index in [9.17, 15) is 5.11 Å². The Morgan fingerprint density at radius 3 is 3.00 bits per heavy atom. The predicted molar refractivity (Wildman–Crippen MR) is 88.1 cm³/mol. The van der Waals surface area contributed by atoms with E-state index in [1.807, 2.05) is 12.4 Å². The quantitative estimate of drug-likeness (QED) is 0.943. The minimum atomic E-state index is -0.367. The van der Waals surface area contributed by atoms with Gasteiger partial charge < -0.3 is 9.67 Å². The number of aromatic nitrogens is 3. The summed E-state index contributed by atoms with van der Waals surface area (Å²) in [5, 5.41) is 19.2. The minimum Gasteiger partial charge on any atom is -0.387 e. The van der Waals surface area contributed by atoms with E-state index in [0.717, 1.165) is 50.3 Å². The first kappa shape index (κ1) is 14.8. The second-order valence-electron chi connectivity index (χ2n) is 6.72. The summed E-state index contributed by atoms with van der Waals surface area (Å²) in [6.45, 7) is 5.07. The van der Waals surface area contributed by atoms with Gasteiger partial charge in [-0.3, -0.25) is 4.90 Å². The molecular formula is C18H24N4O. The number of aliphatic hydroxyl groups is 1. The standard InChI is InChI=1S/C18H24N4O/c1-2-21-12-19-20-18(21)14-7-5-9-22(11-14)16-10-13-6-3-4-8-15(13)17(16)23/h3-4,6,8,12,14,16-17,23H,2,5,7,9-11H2,1H3. The van der Waals surface area contributed by atoms with Gasteiger partial charge in [0, 0.05) is 25.0 Å². The lowest BCUT2D eigenvalue weighted by Crippen LogP contribution is -2.44. The van der Waals surface area contributed by atoms with E-state index in [1.165, 1.54) is 5.56 Å². The first-order chi connectivity index (χ1) is 11.3. The zero-order chi connectivity index (χ0) is 15.8. The molecule has 1 fully saturated rings. The van der Waals surface area contributed by atoms with Crippen LogP contribution in [-0.2, 0) is 13.0 Å². The van der Waals surface area contributed by atoms with Crippen LogP contribution in [0.2, 0.25) is 0 Å². The second-order valence-corrected chi connectivity index (χ2v) is 6.72. The van der Waals surface area contributed by atoms with Crippen molar-refractivity contribution < 1.29 is 5.11 Å². The summed E-state index contributed by atoms with van der Waals surface area (Å²) < 4.78 is 2.15. The van der Waals surface area contributed by atoms with Crippen molar-refractivity contribution in [1.82, 2.24) is 19.7 Å². The molecule has 5 heteroatoms. The molecule has 2 aromatic rings. The molecule has 2 heterocycles. The lowest BCUT2D eigenvalue weighted by Gasteiger charge is -2.37. The summed E-state index contributed by atoms with van der Waals surface area (Å²) in [5.74, 6) is 1.52. The highest BCUT2D eigenvalue weighted by Crippen LogP contribution is 2.37. The second kappa shape index (κ2) is 6.06. The largest absolute Gasteiger partial charge is 0.387 e. The van der Waals surface area contributed by atoms with Crippen LogP contribution >= 0.6 is 0 Å². The van der Waals surface area contributed by atoms with Crippen LogP contribution in [0, 0.1) is 0 Å². The number of likely N-dealkylation sites (tertiary alicyclic amines) is 1. The van der Waals surface area contributed by atoms with Crippen LogP contribution in [0.15, 0.2) is 30.6 Å². The number of piperidine rings is 1. The van der Waals surface area contributed by atoms with E-state index in [2.05, 4.69) is 44.8 Å². The van der Waals surface area contributed by atoms with E-state index < -0.39 is 0 Å². The Kier molecular flexibility index (Phi) is 3.91. The molecule has 122 valence electrons. The van der Waals surface area contributed by atoms with Crippen molar-refractivity contribution in [3.63, 3.8) is 0 Å². The Bertz CT molecular complexity index is 683. The molecule has 4 rings (SSSR count). The van der Waals surface area contributed by atoms with Crippen molar-refractivity contribution in [3.8, 4) is 0 Å². The lowest BCUT2D eigenvalue weighted by atomic mass is 9.94. The smallest absolute Gasteiger partial charge is 0.137 e. The molecule has 0 bridgehead atoms. The van der Waals surface area contributed by atoms with Gasteiger partial charge in [0.2, 0.25) is 0 Å². The van der Waals surface area contributed by atoms with Gasteiger partial charge in [-0.25, -0.2) is 0 Å². The van der Waals surface area contributed by atoms with Crippen LogP contribution in [-0.4, -0.2) is 43.9 Å². The first-order valence-corrected chi connectivity index (χ1v) is 8.65. The van der Waals surface area contributed by atoms with Crippen LogP contribution < -0.4 is 0 Å². The third-order valence-corrected chi connectivity index (χ3v) is 5.44. The molecule has 1 aromatic heterocycles. The summed E-state index contributed by atoms with van der Waals surface area (Å²) in [6.07, 6.45) is 4.72. The number of rotatable bonds is 3. The summed E-state index contributed by atoms with van der Waals surface area (Å²) in [7, 11) is 0. The average molecular weight is 312 g/mol. The highest BCUT2D eigenvalue weighted by Gasteiger charge is 2.37. The molecular weight excluding hydrogens is 288 g/mol. The van der Waals surface area contributed by atoms with E-state index in [0.29, 0.717) is 5.92 Å². The third kappa shape index (κ3) is 2.58. The van der Waals surface area contributed by atoms with Crippen LogP contribution in [0.5, 0.6) is 0 Å². The Morgan fingerprint density at radius 2 is 2.17 bits per heavy atom. The molecule has 1 aliphatic heterocycles. The number of hydrogen-bond donors (Lipinski definition) is 1. The van der Waals surface area contributed by atoms with Crippen LogP contribution in [0.1, 0.15) is 48.7 Å². The Morgan fingerprint density at radius 1 is 1.30 bits per heavy atom. The third-order valence-electron chi connectivity index (χ3n) is 5.44. The van der Waals surface area contributed by atoms with Crippen LogP contribution in [0.25, 0.3) is 0 Å². The monoisotopic (exact) mass is 312 g/mol. The van der Waals surface area contributed by atoms with Crippen molar-refractivity contribution in [2.75, 3.05) is 13.1 Å². The summed E-state index contributed by atoms with van der Waals surface area (Å²) in [5.41, 5.74) is 2.40. The molecule has 0 saturated carbocycles. The highest BCUT2D eigenvalue weighted by atomic mass is 16.3. The fourth-order valence-corrected chi connectivity index (χ4v) is 4.22. The van der Waals surface area contributed by atoms with Crippen LogP contribution in [0.4, 0.5) is 0 Å². The van der Waals surface area contributed by atoms with Crippen LogP contribution in [0.3, 0.4) is 0 Å². The predicted octanol–water partition coefficient (Wildman–Crippen LogP) is 2.14. The number of aliphatic hydroxyl groups excluding tert-OH is 1. The van der Waals surface area contributed by atoms with Gasteiger partial charge >= 0.3 is 0 Å². The number of benzene rings is 1. The van der Waals surface area contributed by atoms with Gasteiger partial charge in [0.05, 0.1) is 6.10 Å². The Balaban J connectivity index is 1.53. The maximum Gasteiger partial charge on any atom is 0.137 e. The van der Waals surface area contributed by atoms with Gasteiger partial charge in [-0.05, 0) is 43.9 Å². The zero-order valence-corrected chi connectivity index (χ0v) is 13.6. The first-order valence-electron chi connectivity index (χ1n) is 8.65. The van der Waals surface area contributed by atoms with Crippen molar-refractivity contribution >= 4 is 0 Å². The van der Waals surface area contributed by atoms with Crippen molar-refractivity contribution in [2.45, 2.75) is 50.8 Å². The maximum atomic E-state index is 10.7.